The van der Waals surface area contributed by atoms with Crippen molar-refractivity contribution in [2.24, 2.45) is 0 Å². The number of fused-ring (bicyclic) bond motifs is 1. The molecule has 0 spiro atoms. The van der Waals surface area contributed by atoms with Gasteiger partial charge in [-0.3, -0.25) is 9.59 Å². The molecule has 1 saturated heterocycles. The number of nitrogens with one attached hydrogen (secondary N) is 1. The van der Waals surface area contributed by atoms with Gasteiger partial charge >= 0.3 is 5.69 Å². The maximum atomic E-state index is 12.8. The maximum Gasteiger partial charge on any atom is 0.333 e. The molecule has 1 amide bonds. The van der Waals surface area contributed by atoms with Gasteiger partial charge < -0.3 is 14.8 Å². The molecule has 3 heterocycles. The lowest BCUT2D eigenvalue weighted by molar-refractivity contribution is -0.130. The average Bonchev–Trinajstić information content (AvgIpc) is 3.29. The van der Waals surface area contributed by atoms with Crippen molar-refractivity contribution in [3.63, 3.8) is 0 Å². The maximum absolute atomic E-state index is 12.8. The fourth-order valence-corrected chi connectivity index (χ4v) is 4.97. The highest BCUT2D eigenvalue weighted by molar-refractivity contribution is 7.17. The van der Waals surface area contributed by atoms with E-state index < -0.39 is 5.69 Å². The van der Waals surface area contributed by atoms with E-state index in [4.69, 9.17) is 0 Å². The van der Waals surface area contributed by atoms with Gasteiger partial charge in [-0.15, -0.1) is 11.3 Å². The van der Waals surface area contributed by atoms with Crippen LogP contribution in [0.2, 0.25) is 0 Å². The molecule has 4 aromatic rings. The molecule has 7 nitrogen and oxygen atoms in total. The van der Waals surface area contributed by atoms with Crippen LogP contribution in [0.1, 0.15) is 11.1 Å². The van der Waals surface area contributed by atoms with E-state index in [1.165, 1.54) is 22.6 Å². The summed E-state index contributed by atoms with van der Waals surface area (Å²) < 4.78 is 1.65. The fourth-order valence-electron chi connectivity index (χ4n) is 4.19. The predicted molar refractivity (Wildman–Crippen MR) is 132 cm³/mol. The molecule has 2 aromatic carbocycles. The van der Waals surface area contributed by atoms with Crippen LogP contribution in [0.25, 0.3) is 15.9 Å². The number of aryl methyl sites for hydroxylation is 1. The van der Waals surface area contributed by atoms with Gasteiger partial charge in [0.2, 0.25) is 5.91 Å². The summed E-state index contributed by atoms with van der Waals surface area (Å²) in [4.78, 5) is 44.9. The van der Waals surface area contributed by atoms with Crippen molar-refractivity contribution < 1.29 is 4.79 Å². The van der Waals surface area contributed by atoms with E-state index in [1.54, 1.807) is 35.7 Å². The third kappa shape index (κ3) is 4.21. The van der Waals surface area contributed by atoms with Gasteiger partial charge in [0.15, 0.2) is 0 Å². The van der Waals surface area contributed by atoms with Gasteiger partial charge in [0.1, 0.15) is 4.70 Å². The number of carbonyl (C=O) groups is 1. The molecule has 1 fully saturated rings. The fraction of sp³-hybridized carbons (Fsp3) is 0.240. The van der Waals surface area contributed by atoms with Crippen molar-refractivity contribution in [1.82, 2.24) is 14.5 Å². The van der Waals surface area contributed by atoms with Crippen LogP contribution in [0.5, 0.6) is 0 Å². The number of thiophene rings is 1. The number of nitrogens with zero attached hydrogens (tertiary/aromatic N) is 3. The second-order valence-corrected chi connectivity index (χ2v) is 9.20. The van der Waals surface area contributed by atoms with Gasteiger partial charge in [-0.05, 0) is 48.2 Å². The Morgan fingerprint density at radius 3 is 2.27 bits per heavy atom. The minimum Gasteiger partial charge on any atom is -0.368 e. The van der Waals surface area contributed by atoms with Crippen LogP contribution in [-0.4, -0.2) is 46.5 Å². The molecule has 0 radical (unpaired) electrons. The molecule has 8 heteroatoms. The van der Waals surface area contributed by atoms with E-state index in [2.05, 4.69) is 41.1 Å². The normalized spacial score (nSPS) is 14.1. The highest BCUT2D eigenvalue weighted by atomic mass is 32.1. The third-order valence-corrected chi connectivity index (χ3v) is 6.99. The lowest BCUT2D eigenvalue weighted by Gasteiger charge is -2.36. The van der Waals surface area contributed by atoms with E-state index in [0.29, 0.717) is 35.4 Å². The highest BCUT2D eigenvalue weighted by Crippen LogP contribution is 2.18. The molecule has 1 aliphatic rings. The van der Waals surface area contributed by atoms with Gasteiger partial charge in [-0.1, -0.05) is 29.8 Å². The second kappa shape index (κ2) is 8.71. The largest absolute Gasteiger partial charge is 0.368 e. The van der Waals surface area contributed by atoms with Gasteiger partial charge in [-0.2, -0.15) is 0 Å². The molecule has 0 bridgehead atoms. The summed E-state index contributed by atoms with van der Waals surface area (Å²) in [5.74, 6) is 0.0846. The van der Waals surface area contributed by atoms with E-state index in [0.717, 1.165) is 23.2 Å². The number of aromatic nitrogens is 2. The van der Waals surface area contributed by atoms with Crippen LogP contribution in [0, 0.1) is 6.92 Å². The number of anilines is 1. The van der Waals surface area contributed by atoms with Crippen LogP contribution in [0.4, 0.5) is 5.69 Å². The molecule has 0 saturated carbocycles. The summed E-state index contributed by atoms with van der Waals surface area (Å²) in [5, 5.41) is 1.78. The van der Waals surface area contributed by atoms with Crippen LogP contribution in [0.15, 0.2) is 69.6 Å². The number of hydrogen-bond acceptors (Lipinski definition) is 5. The first kappa shape index (κ1) is 21.2. The van der Waals surface area contributed by atoms with E-state index in [9.17, 15) is 14.4 Å². The molecular formula is C25H24N4O3S. The van der Waals surface area contributed by atoms with E-state index >= 15 is 0 Å². The van der Waals surface area contributed by atoms with E-state index in [1.807, 2.05) is 4.90 Å². The summed E-state index contributed by atoms with van der Waals surface area (Å²) in [6.07, 6.45) is 0.292. The number of H-pyrrole nitrogens is 1. The summed E-state index contributed by atoms with van der Waals surface area (Å²) in [6, 6.07) is 17.2. The highest BCUT2D eigenvalue weighted by Gasteiger charge is 2.21. The van der Waals surface area contributed by atoms with Crippen molar-refractivity contribution in [3.05, 3.63) is 91.9 Å². The van der Waals surface area contributed by atoms with Crippen molar-refractivity contribution in [2.75, 3.05) is 31.1 Å². The SMILES string of the molecule is Cc1ccc(N2CCN(C(=O)Cc3ccc(-n4c(=O)[nH]c5ccsc5c4=O)cc3)CC2)cc1. The van der Waals surface area contributed by atoms with Gasteiger partial charge in [0.05, 0.1) is 17.6 Å². The van der Waals surface area contributed by atoms with Crippen LogP contribution >= 0.6 is 11.3 Å². The average molecular weight is 461 g/mol. The van der Waals surface area contributed by atoms with Crippen molar-refractivity contribution in [2.45, 2.75) is 13.3 Å². The lowest BCUT2D eigenvalue weighted by Crippen LogP contribution is -2.49. The number of benzene rings is 2. The molecule has 5 rings (SSSR count). The zero-order chi connectivity index (χ0) is 22.9. The predicted octanol–water partition coefficient (Wildman–Crippen LogP) is 2.94. The molecule has 168 valence electrons. The molecule has 33 heavy (non-hydrogen) atoms. The minimum absolute atomic E-state index is 0.0846. The number of rotatable bonds is 4. The molecule has 1 aliphatic heterocycles. The summed E-state index contributed by atoms with van der Waals surface area (Å²) in [7, 11) is 0. The number of piperazine rings is 1. The number of amides is 1. The Morgan fingerprint density at radius 2 is 1.58 bits per heavy atom. The van der Waals surface area contributed by atoms with E-state index in [-0.39, 0.29) is 11.5 Å². The zero-order valence-corrected chi connectivity index (χ0v) is 19.1. The molecule has 0 atom stereocenters. The van der Waals surface area contributed by atoms with Crippen LogP contribution in [0.3, 0.4) is 0 Å². The first-order valence-electron chi connectivity index (χ1n) is 10.9. The number of carbonyl (C=O) groups excluding carboxylic acids is 1. The van der Waals surface area contributed by atoms with Crippen molar-refractivity contribution >= 4 is 33.1 Å². The van der Waals surface area contributed by atoms with Crippen LogP contribution < -0.4 is 16.1 Å². The molecular weight excluding hydrogens is 436 g/mol. The smallest absolute Gasteiger partial charge is 0.333 e. The Hall–Kier alpha value is -3.65. The Kier molecular flexibility index (Phi) is 5.60. The minimum atomic E-state index is -0.471. The van der Waals surface area contributed by atoms with Gasteiger partial charge in [0, 0.05) is 31.9 Å². The van der Waals surface area contributed by atoms with Crippen LogP contribution in [-0.2, 0) is 11.2 Å². The van der Waals surface area contributed by atoms with Gasteiger partial charge in [0.25, 0.3) is 5.56 Å². The molecule has 0 aliphatic carbocycles. The Bertz CT molecular complexity index is 1410. The third-order valence-electron chi connectivity index (χ3n) is 6.09. The standard InChI is InChI=1S/C25H24N4O3S/c1-17-2-6-19(7-3-17)27-11-13-28(14-12-27)22(30)16-18-4-8-20(9-5-18)29-24(31)23-21(10-15-33-23)26-25(29)32/h2-10,15H,11-14,16H2,1H3,(H,26,32). The first-order chi connectivity index (χ1) is 16.0. The Balaban J connectivity index is 1.25. The first-order valence-corrected chi connectivity index (χ1v) is 11.8. The second-order valence-electron chi connectivity index (χ2n) is 8.28. The zero-order valence-electron chi connectivity index (χ0n) is 18.3. The molecule has 2 aromatic heterocycles. The monoisotopic (exact) mass is 460 g/mol. The molecule has 1 N–H and O–H groups in total. The number of aromatic amines is 1. The topological polar surface area (TPSA) is 78.4 Å². The summed E-state index contributed by atoms with van der Waals surface area (Å²) >= 11 is 1.30. The summed E-state index contributed by atoms with van der Waals surface area (Å²) in [5.41, 5.74) is 3.51. The lowest BCUT2D eigenvalue weighted by atomic mass is 10.1. The van der Waals surface area contributed by atoms with Crippen molar-refractivity contribution in [1.29, 1.82) is 0 Å². The Morgan fingerprint density at radius 1 is 0.909 bits per heavy atom. The van der Waals surface area contributed by atoms with Crippen molar-refractivity contribution in [3.8, 4) is 5.69 Å². The summed E-state index contributed by atoms with van der Waals surface area (Å²) in [6.45, 7) is 5.08. The quantitative estimate of drug-likeness (QED) is 0.508. The Labute approximate surface area is 194 Å². The molecule has 0 unspecified atom stereocenters. The van der Waals surface area contributed by atoms with Gasteiger partial charge in [-0.25, -0.2) is 9.36 Å². The number of hydrogen-bond donors (Lipinski definition) is 1.